The SMILES string of the molecule is CC(C)SN(SC(C)C)c1nc(N(SC(C)C)SC(C)C)nc(N(SC(C)C)SC(C)C)n1. The van der Waals surface area contributed by atoms with Crippen molar-refractivity contribution in [3.05, 3.63) is 0 Å². The van der Waals surface area contributed by atoms with Crippen LogP contribution in [0.25, 0.3) is 0 Å². The van der Waals surface area contributed by atoms with Crippen LogP contribution in [0.4, 0.5) is 17.8 Å². The minimum absolute atomic E-state index is 0.414. The molecule has 192 valence electrons. The smallest absolute Gasteiger partial charge is 0.224 e. The Morgan fingerprint density at radius 3 is 0.636 bits per heavy atom. The van der Waals surface area contributed by atoms with E-state index >= 15 is 0 Å². The molecular weight excluding hydrogens is 529 g/mol. The first-order valence-corrected chi connectivity index (χ1v) is 16.5. The predicted octanol–water partition coefficient (Wildman–Crippen LogP) is 8.63. The molecule has 0 saturated heterocycles. The molecule has 0 N–H and O–H groups in total. The van der Waals surface area contributed by atoms with Crippen molar-refractivity contribution in [3.63, 3.8) is 0 Å². The monoisotopic (exact) mass is 570 g/mol. The lowest BCUT2D eigenvalue weighted by Crippen LogP contribution is -2.22. The summed E-state index contributed by atoms with van der Waals surface area (Å²) in [7, 11) is 0. The van der Waals surface area contributed by atoms with Gasteiger partial charge in [-0.1, -0.05) is 83.1 Å². The lowest BCUT2D eigenvalue weighted by atomic mass is 10.6. The number of hydrogen-bond acceptors (Lipinski definition) is 12. The van der Waals surface area contributed by atoms with Gasteiger partial charge < -0.3 is 0 Å². The van der Waals surface area contributed by atoms with Gasteiger partial charge in [0.05, 0.1) is 0 Å². The van der Waals surface area contributed by atoms with Gasteiger partial charge in [0.15, 0.2) is 0 Å². The molecule has 1 aromatic heterocycles. The minimum Gasteiger partial charge on any atom is -0.224 e. The minimum atomic E-state index is 0.414. The van der Waals surface area contributed by atoms with Gasteiger partial charge in [-0.3, -0.25) is 0 Å². The Bertz CT molecular complexity index is 556. The van der Waals surface area contributed by atoms with Crippen LogP contribution < -0.4 is 11.1 Å². The van der Waals surface area contributed by atoms with Crippen molar-refractivity contribution in [1.82, 2.24) is 15.0 Å². The second kappa shape index (κ2) is 15.6. The fourth-order valence-corrected chi connectivity index (χ4v) is 9.14. The van der Waals surface area contributed by atoms with Crippen molar-refractivity contribution in [1.29, 1.82) is 0 Å². The van der Waals surface area contributed by atoms with Crippen molar-refractivity contribution < 1.29 is 0 Å². The maximum Gasteiger partial charge on any atom is 0.252 e. The first-order valence-electron chi connectivity index (χ1n) is 11.5. The molecule has 6 nitrogen and oxygen atoms in total. The van der Waals surface area contributed by atoms with Gasteiger partial charge in [0.1, 0.15) is 0 Å². The average molecular weight is 571 g/mol. The Kier molecular flexibility index (Phi) is 14.9. The first-order chi connectivity index (χ1) is 15.3. The van der Waals surface area contributed by atoms with Crippen LogP contribution in [0.15, 0.2) is 0 Å². The molecule has 0 saturated carbocycles. The van der Waals surface area contributed by atoms with Crippen molar-refractivity contribution in [2.45, 2.75) is 115 Å². The Labute approximate surface area is 228 Å². The summed E-state index contributed by atoms with van der Waals surface area (Å²) < 4.78 is 6.50. The van der Waals surface area contributed by atoms with Crippen LogP contribution >= 0.6 is 71.7 Å². The molecule has 0 atom stereocenters. The molecule has 0 aromatic carbocycles. The average Bonchev–Trinajstić information content (AvgIpc) is 2.64. The molecule has 1 aromatic rings. The second-order valence-corrected chi connectivity index (χ2v) is 18.7. The Morgan fingerprint density at radius 2 is 0.515 bits per heavy atom. The number of rotatable bonds is 15. The van der Waals surface area contributed by atoms with Gasteiger partial charge in [0.25, 0.3) is 17.8 Å². The molecule has 1 rings (SSSR count). The Hall–Kier alpha value is 0.510. The van der Waals surface area contributed by atoms with Crippen LogP contribution in [-0.4, -0.2) is 46.5 Å². The molecule has 0 amide bonds. The van der Waals surface area contributed by atoms with Gasteiger partial charge in [0, 0.05) is 31.5 Å². The normalized spacial score (nSPS) is 12.2. The quantitative estimate of drug-likeness (QED) is 0.190. The number of aromatic nitrogens is 3. The molecule has 0 radical (unpaired) electrons. The van der Waals surface area contributed by atoms with Crippen LogP contribution in [0.5, 0.6) is 0 Å². The molecule has 0 fully saturated rings. The van der Waals surface area contributed by atoms with Crippen LogP contribution in [-0.2, 0) is 0 Å². The molecule has 0 spiro atoms. The van der Waals surface area contributed by atoms with Crippen LogP contribution in [0.2, 0.25) is 0 Å². The largest absolute Gasteiger partial charge is 0.252 e. The number of anilines is 3. The standard InChI is InChI=1S/C21H42N6S6/c1-13(2)28-25(29-14(3)4)19-22-20(26(30-15(5)6)31-16(7)8)24-21(23-19)27(32-17(9)10)33-18(11)12/h13-18H,1-12H3. The summed E-state index contributed by atoms with van der Waals surface area (Å²) in [5.74, 6) is 2.10. The van der Waals surface area contributed by atoms with E-state index in [0.29, 0.717) is 49.3 Å². The van der Waals surface area contributed by atoms with E-state index in [0.717, 1.165) is 0 Å². The summed E-state index contributed by atoms with van der Waals surface area (Å²) in [6, 6.07) is 0. The van der Waals surface area contributed by atoms with E-state index < -0.39 is 0 Å². The van der Waals surface area contributed by atoms with Gasteiger partial charge in [0.2, 0.25) is 0 Å². The van der Waals surface area contributed by atoms with E-state index in [4.69, 9.17) is 15.0 Å². The maximum absolute atomic E-state index is 4.99. The van der Waals surface area contributed by atoms with Crippen molar-refractivity contribution in [3.8, 4) is 0 Å². The van der Waals surface area contributed by atoms with E-state index in [-0.39, 0.29) is 0 Å². The third kappa shape index (κ3) is 12.9. The molecule has 12 heteroatoms. The van der Waals surface area contributed by atoms with Gasteiger partial charge in [-0.25, -0.2) is 11.1 Å². The summed E-state index contributed by atoms with van der Waals surface area (Å²) in [6.45, 7) is 26.4. The van der Waals surface area contributed by atoms with Crippen molar-refractivity contribution in [2.24, 2.45) is 0 Å². The highest BCUT2D eigenvalue weighted by Crippen LogP contribution is 2.40. The lowest BCUT2D eigenvalue weighted by Gasteiger charge is -2.29. The fourth-order valence-electron chi connectivity index (χ4n) is 2.09. The van der Waals surface area contributed by atoms with Gasteiger partial charge in [-0.2, -0.15) is 15.0 Å². The zero-order chi connectivity index (χ0) is 25.3. The molecule has 33 heavy (non-hydrogen) atoms. The highest BCUT2D eigenvalue weighted by molar-refractivity contribution is 8.19. The van der Waals surface area contributed by atoms with E-state index in [2.05, 4.69) is 94.2 Å². The Balaban J connectivity index is 3.64. The van der Waals surface area contributed by atoms with Crippen molar-refractivity contribution in [2.75, 3.05) is 11.1 Å². The highest BCUT2D eigenvalue weighted by atomic mass is 32.2. The number of hydrogen-bond donors (Lipinski definition) is 0. The molecule has 0 bridgehead atoms. The van der Waals surface area contributed by atoms with E-state index in [1.165, 1.54) is 0 Å². The van der Waals surface area contributed by atoms with Gasteiger partial charge in [-0.15, -0.1) is 0 Å². The summed E-state index contributed by atoms with van der Waals surface area (Å²) in [6.07, 6.45) is 0. The maximum atomic E-state index is 4.99. The predicted molar refractivity (Wildman–Crippen MR) is 164 cm³/mol. The number of nitrogens with zero attached hydrogens (tertiary/aromatic N) is 6. The molecule has 1 heterocycles. The van der Waals surface area contributed by atoms with Gasteiger partial charge >= 0.3 is 0 Å². The molecule has 0 aliphatic heterocycles. The van der Waals surface area contributed by atoms with Crippen LogP contribution in [0.1, 0.15) is 83.1 Å². The molecule has 0 unspecified atom stereocenters. The topological polar surface area (TPSA) is 48.4 Å². The molecule has 0 aliphatic carbocycles. The summed E-state index contributed by atoms with van der Waals surface area (Å²) in [5.41, 5.74) is 0. The van der Waals surface area contributed by atoms with E-state index in [1.54, 1.807) is 71.7 Å². The van der Waals surface area contributed by atoms with E-state index in [9.17, 15) is 0 Å². The molecule has 0 aliphatic rings. The third-order valence-electron chi connectivity index (χ3n) is 2.93. The van der Waals surface area contributed by atoms with Crippen molar-refractivity contribution >= 4 is 89.5 Å². The summed E-state index contributed by atoms with van der Waals surface area (Å²) in [5, 5.41) is 2.48. The zero-order valence-electron chi connectivity index (χ0n) is 22.1. The van der Waals surface area contributed by atoms with Crippen LogP contribution in [0, 0.1) is 0 Å². The fraction of sp³-hybridized carbons (Fsp3) is 0.857. The second-order valence-electron chi connectivity index (χ2n) is 8.93. The van der Waals surface area contributed by atoms with Crippen LogP contribution in [0.3, 0.4) is 0 Å². The Morgan fingerprint density at radius 1 is 0.364 bits per heavy atom. The van der Waals surface area contributed by atoms with Gasteiger partial charge in [-0.05, 0) is 71.7 Å². The highest BCUT2D eigenvalue weighted by Gasteiger charge is 2.26. The third-order valence-corrected chi connectivity index (χ3v) is 9.14. The summed E-state index contributed by atoms with van der Waals surface area (Å²) >= 11 is 10.5. The lowest BCUT2D eigenvalue weighted by molar-refractivity contribution is 1.02. The first kappa shape index (κ1) is 31.5. The van der Waals surface area contributed by atoms with E-state index in [1.807, 2.05) is 0 Å². The summed E-state index contributed by atoms with van der Waals surface area (Å²) in [4.78, 5) is 15.0. The zero-order valence-corrected chi connectivity index (χ0v) is 27.0. The molecular formula is C21H42N6S6.